The predicted octanol–water partition coefficient (Wildman–Crippen LogP) is 3.12. The highest BCUT2D eigenvalue weighted by Gasteiger charge is 2.12. The maximum Gasteiger partial charge on any atom is 0.0992 e. The summed E-state index contributed by atoms with van der Waals surface area (Å²) >= 11 is 3.42. The van der Waals surface area contributed by atoms with Crippen molar-refractivity contribution in [3.05, 3.63) is 28.2 Å². The van der Waals surface area contributed by atoms with Crippen LogP contribution < -0.4 is 10.6 Å². The van der Waals surface area contributed by atoms with E-state index in [-0.39, 0.29) is 0 Å². The number of nitriles is 1. The smallest absolute Gasteiger partial charge is 0.0992 e. The minimum Gasteiger partial charge on any atom is -0.385 e. The summed E-state index contributed by atoms with van der Waals surface area (Å²) in [6.45, 7) is 3.28. The first-order valence-electron chi connectivity index (χ1n) is 6.43. The summed E-state index contributed by atoms with van der Waals surface area (Å²) in [4.78, 5) is 0. The molecule has 0 aliphatic carbocycles. The van der Waals surface area contributed by atoms with Crippen LogP contribution in [0, 0.1) is 17.2 Å². The zero-order valence-corrected chi connectivity index (χ0v) is 12.0. The molecule has 2 rings (SSSR count). The average molecular weight is 308 g/mol. The Hall–Kier alpha value is -1.05. The number of nitrogens with zero attached hydrogens (tertiary/aromatic N) is 1. The average Bonchev–Trinajstić information content (AvgIpc) is 2.39. The van der Waals surface area contributed by atoms with Gasteiger partial charge in [0.25, 0.3) is 0 Å². The molecule has 1 fully saturated rings. The van der Waals surface area contributed by atoms with Crippen molar-refractivity contribution in [2.24, 2.45) is 5.92 Å². The summed E-state index contributed by atoms with van der Waals surface area (Å²) in [6.07, 6.45) is 3.80. The first-order valence-corrected chi connectivity index (χ1v) is 7.22. The second-order valence-electron chi connectivity index (χ2n) is 4.77. The van der Waals surface area contributed by atoms with Crippen LogP contribution in [0.5, 0.6) is 0 Å². The molecule has 1 aromatic rings. The van der Waals surface area contributed by atoms with Crippen LogP contribution in [0.4, 0.5) is 5.69 Å². The number of halogens is 1. The number of piperidine rings is 1. The standard InChI is InChI=1S/C14H18BrN3/c15-13-6-12(9-16)7-14(8-13)18-5-3-11-2-1-4-17-10-11/h6-8,11,17-18H,1-5,10H2. The SMILES string of the molecule is N#Cc1cc(Br)cc(NCCC2CCCNC2)c1. The molecular formula is C14H18BrN3. The molecule has 2 N–H and O–H groups in total. The first kappa shape index (κ1) is 13.4. The van der Waals surface area contributed by atoms with E-state index in [1.165, 1.54) is 25.8 Å². The fourth-order valence-corrected chi connectivity index (χ4v) is 2.84. The summed E-state index contributed by atoms with van der Waals surface area (Å²) in [5.41, 5.74) is 1.70. The lowest BCUT2D eigenvalue weighted by atomic mass is 9.96. The monoisotopic (exact) mass is 307 g/mol. The molecule has 0 bridgehead atoms. The van der Waals surface area contributed by atoms with Crippen molar-refractivity contribution in [3.63, 3.8) is 0 Å². The Kier molecular flexibility index (Phi) is 5.03. The van der Waals surface area contributed by atoms with Crippen LogP contribution >= 0.6 is 15.9 Å². The number of benzene rings is 1. The molecule has 1 atom stereocenters. The molecule has 1 aromatic carbocycles. The van der Waals surface area contributed by atoms with Crippen LogP contribution in [0.1, 0.15) is 24.8 Å². The third-order valence-corrected chi connectivity index (χ3v) is 3.77. The van der Waals surface area contributed by atoms with E-state index in [4.69, 9.17) is 5.26 Å². The van der Waals surface area contributed by atoms with Gasteiger partial charge in [0, 0.05) is 16.7 Å². The van der Waals surface area contributed by atoms with Gasteiger partial charge >= 0.3 is 0 Å². The Bertz CT molecular complexity index is 433. The molecule has 18 heavy (non-hydrogen) atoms. The number of hydrogen-bond acceptors (Lipinski definition) is 3. The fraction of sp³-hybridized carbons (Fsp3) is 0.500. The van der Waals surface area contributed by atoms with E-state index in [2.05, 4.69) is 32.6 Å². The van der Waals surface area contributed by atoms with Crippen molar-refractivity contribution in [1.82, 2.24) is 5.32 Å². The highest BCUT2D eigenvalue weighted by atomic mass is 79.9. The highest BCUT2D eigenvalue weighted by molar-refractivity contribution is 9.10. The second-order valence-corrected chi connectivity index (χ2v) is 5.68. The predicted molar refractivity (Wildman–Crippen MR) is 77.6 cm³/mol. The molecule has 0 radical (unpaired) electrons. The van der Waals surface area contributed by atoms with E-state index in [0.717, 1.165) is 29.2 Å². The molecule has 1 aliphatic heterocycles. The largest absolute Gasteiger partial charge is 0.385 e. The summed E-state index contributed by atoms with van der Waals surface area (Å²) < 4.78 is 0.948. The lowest BCUT2D eigenvalue weighted by Crippen LogP contribution is -2.30. The van der Waals surface area contributed by atoms with Crippen molar-refractivity contribution in [2.75, 3.05) is 25.0 Å². The van der Waals surface area contributed by atoms with Crippen molar-refractivity contribution < 1.29 is 0 Å². The lowest BCUT2D eigenvalue weighted by Gasteiger charge is -2.22. The minimum atomic E-state index is 0.686. The molecule has 0 aromatic heterocycles. The van der Waals surface area contributed by atoms with Gasteiger partial charge in [-0.2, -0.15) is 5.26 Å². The zero-order valence-electron chi connectivity index (χ0n) is 10.4. The van der Waals surface area contributed by atoms with Crippen molar-refractivity contribution in [2.45, 2.75) is 19.3 Å². The lowest BCUT2D eigenvalue weighted by molar-refractivity contribution is 0.364. The van der Waals surface area contributed by atoms with E-state index in [1.807, 2.05) is 18.2 Å². The number of anilines is 1. The molecule has 1 unspecified atom stereocenters. The molecular weight excluding hydrogens is 290 g/mol. The molecule has 1 saturated heterocycles. The van der Waals surface area contributed by atoms with Gasteiger partial charge in [-0.25, -0.2) is 0 Å². The quantitative estimate of drug-likeness (QED) is 0.898. The number of rotatable bonds is 4. The van der Waals surface area contributed by atoms with E-state index >= 15 is 0 Å². The van der Waals surface area contributed by atoms with Gasteiger partial charge < -0.3 is 10.6 Å². The maximum atomic E-state index is 8.91. The van der Waals surface area contributed by atoms with E-state index < -0.39 is 0 Å². The van der Waals surface area contributed by atoms with E-state index in [0.29, 0.717) is 5.56 Å². The number of nitrogens with one attached hydrogen (secondary N) is 2. The van der Waals surface area contributed by atoms with Gasteiger partial charge in [0.2, 0.25) is 0 Å². The minimum absolute atomic E-state index is 0.686. The Morgan fingerprint density at radius 1 is 1.44 bits per heavy atom. The van der Waals surface area contributed by atoms with Gasteiger partial charge in [-0.1, -0.05) is 15.9 Å². The summed E-state index contributed by atoms with van der Waals surface area (Å²) in [7, 11) is 0. The maximum absolute atomic E-state index is 8.91. The molecule has 3 nitrogen and oxygen atoms in total. The molecule has 0 amide bonds. The molecule has 0 saturated carbocycles. The van der Waals surface area contributed by atoms with Gasteiger partial charge in [0.05, 0.1) is 11.6 Å². The zero-order chi connectivity index (χ0) is 12.8. The van der Waals surface area contributed by atoms with Crippen molar-refractivity contribution >= 4 is 21.6 Å². The highest BCUT2D eigenvalue weighted by Crippen LogP contribution is 2.20. The molecule has 1 aliphatic rings. The van der Waals surface area contributed by atoms with Crippen LogP contribution in [0.15, 0.2) is 22.7 Å². The fourth-order valence-electron chi connectivity index (χ4n) is 2.35. The van der Waals surface area contributed by atoms with Crippen LogP contribution in [0.2, 0.25) is 0 Å². The normalized spacial score (nSPS) is 19.2. The van der Waals surface area contributed by atoms with E-state index in [1.54, 1.807) is 0 Å². The Morgan fingerprint density at radius 2 is 2.33 bits per heavy atom. The van der Waals surface area contributed by atoms with Crippen LogP contribution in [0.3, 0.4) is 0 Å². The van der Waals surface area contributed by atoms with Crippen LogP contribution in [-0.4, -0.2) is 19.6 Å². The Labute approximate surface area is 117 Å². The summed E-state index contributed by atoms with van der Waals surface area (Å²) in [6, 6.07) is 7.90. The first-order chi connectivity index (χ1) is 8.78. The summed E-state index contributed by atoms with van der Waals surface area (Å²) in [5.74, 6) is 0.786. The van der Waals surface area contributed by atoms with Crippen molar-refractivity contribution in [3.8, 4) is 6.07 Å². The molecule has 1 heterocycles. The van der Waals surface area contributed by atoms with Gasteiger partial charge in [-0.3, -0.25) is 0 Å². The third kappa shape index (κ3) is 4.01. The van der Waals surface area contributed by atoms with Gasteiger partial charge in [-0.15, -0.1) is 0 Å². The van der Waals surface area contributed by atoms with Crippen LogP contribution in [-0.2, 0) is 0 Å². The van der Waals surface area contributed by atoms with Gasteiger partial charge in [0.15, 0.2) is 0 Å². The topological polar surface area (TPSA) is 47.9 Å². The second kappa shape index (κ2) is 6.77. The third-order valence-electron chi connectivity index (χ3n) is 3.31. The Morgan fingerprint density at radius 3 is 3.06 bits per heavy atom. The number of hydrogen-bond donors (Lipinski definition) is 2. The van der Waals surface area contributed by atoms with E-state index in [9.17, 15) is 0 Å². The molecule has 4 heteroatoms. The van der Waals surface area contributed by atoms with Crippen molar-refractivity contribution in [1.29, 1.82) is 5.26 Å². The molecule has 0 spiro atoms. The summed E-state index contributed by atoms with van der Waals surface area (Å²) in [5, 5.41) is 15.7. The van der Waals surface area contributed by atoms with Gasteiger partial charge in [-0.05, 0) is 56.5 Å². The molecule has 96 valence electrons. The van der Waals surface area contributed by atoms with Gasteiger partial charge in [0.1, 0.15) is 0 Å². The Balaban J connectivity index is 1.82. The van der Waals surface area contributed by atoms with Crippen LogP contribution in [0.25, 0.3) is 0 Å².